The van der Waals surface area contributed by atoms with Crippen LogP contribution < -0.4 is 19.1 Å². The topological polar surface area (TPSA) is 108 Å². The Hall–Kier alpha value is -4.14. The molecule has 4 rings (SSSR count). The van der Waals surface area contributed by atoms with Gasteiger partial charge < -0.3 is 18.7 Å². The molecule has 1 saturated heterocycles. The first kappa shape index (κ1) is 23.0. The predicted octanol–water partition coefficient (Wildman–Crippen LogP) is 3.56. The first-order valence-electron chi connectivity index (χ1n) is 10.7. The number of amides is 1. The van der Waals surface area contributed by atoms with Gasteiger partial charge in [-0.05, 0) is 43.7 Å². The Balaban J connectivity index is 1.86. The molecule has 0 saturated carbocycles. The van der Waals surface area contributed by atoms with Crippen LogP contribution in [0.25, 0.3) is 0 Å². The monoisotopic (exact) mass is 464 g/mol. The highest BCUT2D eigenvalue weighted by Gasteiger charge is 2.53. The number of methoxy groups -OCH3 is 2. The molecule has 1 amide bonds. The average Bonchev–Trinajstić information content (AvgIpc) is 3.39. The number of rotatable bonds is 8. The van der Waals surface area contributed by atoms with Crippen LogP contribution in [0.5, 0.6) is 17.2 Å². The van der Waals surface area contributed by atoms with Gasteiger partial charge >= 0.3 is 0 Å². The van der Waals surface area contributed by atoms with E-state index in [0.29, 0.717) is 35.2 Å². The van der Waals surface area contributed by atoms with Crippen LogP contribution in [-0.4, -0.2) is 43.5 Å². The van der Waals surface area contributed by atoms with Crippen LogP contribution in [0.1, 0.15) is 34.6 Å². The van der Waals surface area contributed by atoms with Crippen molar-refractivity contribution in [2.75, 3.05) is 25.7 Å². The fraction of sp³-hybridized carbons (Fsp3) is 0.280. The van der Waals surface area contributed by atoms with Gasteiger partial charge in [-0.3, -0.25) is 19.3 Å². The van der Waals surface area contributed by atoms with Crippen molar-refractivity contribution in [2.45, 2.75) is 19.9 Å². The van der Waals surface area contributed by atoms with Gasteiger partial charge in [-0.15, -0.1) is 0 Å². The maximum absolute atomic E-state index is 13.6. The van der Waals surface area contributed by atoms with Crippen molar-refractivity contribution in [1.29, 1.82) is 0 Å². The van der Waals surface area contributed by atoms with Crippen LogP contribution in [0.3, 0.4) is 0 Å². The van der Waals surface area contributed by atoms with Gasteiger partial charge in [0.1, 0.15) is 17.4 Å². The van der Waals surface area contributed by atoms with Crippen molar-refractivity contribution < 1.29 is 33.1 Å². The number of aromatic nitrogens is 1. The van der Waals surface area contributed by atoms with E-state index >= 15 is 0 Å². The lowest BCUT2D eigenvalue weighted by Gasteiger charge is -2.26. The summed E-state index contributed by atoms with van der Waals surface area (Å²) in [6.45, 7) is 3.95. The van der Waals surface area contributed by atoms with E-state index in [2.05, 4.69) is 5.16 Å². The Morgan fingerprint density at radius 1 is 1.06 bits per heavy atom. The first-order valence-corrected chi connectivity index (χ1v) is 10.7. The molecule has 1 fully saturated rings. The molecule has 0 aliphatic carbocycles. The van der Waals surface area contributed by atoms with Crippen molar-refractivity contribution in [2.24, 2.45) is 5.92 Å². The summed E-state index contributed by atoms with van der Waals surface area (Å²) < 4.78 is 21.4. The largest absolute Gasteiger partial charge is 0.497 e. The highest BCUT2D eigenvalue weighted by atomic mass is 16.5. The van der Waals surface area contributed by atoms with Gasteiger partial charge in [0, 0.05) is 11.6 Å². The predicted molar refractivity (Wildman–Crippen MR) is 121 cm³/mol. The molecule has 2 atom stereocenters. The van der Waals surface area contributed by atoms with Crippen molar-refractivity contribution in [1.82, 2.24) is 5.16 Å². The number of hydrogen-bond donors (Lipinski definition) is 0. The van der Waals surface area contributed by atoms with E-state index in [1.807, 2.05) is 6.92 Å². The first-order chi connectivity index (χ1) is 16.4. The summed E-state index contributed by atoms with van der Waals surface area (Å²) in [4.78, 5) is 41.2. The van der Waals surface area contributed by atoms with E-state index in [0.717, 1.165) is 0 Å². The molecule has 9 nitrogen and oxygen atoms in total. The minimum absolute atomic E-state index is 0.148. The van der Waals surface area contributed by atoms with E-state index < -0.39 is 29.4 Å². The summed E-state index contributed by atoms with van der Waals surface area (Å²) in [5, 5.41) is 3.93. The third kappa shape index (κ3) is 4.00. The maximum Gasteiger partial charge on any atom is 0.297 e. The maximum atomic E-state index is 13.6. The van der Waals surface area contributed by atoms with E-state index in [-0.39, 0.29) is 11.4 Å². The zero-order chi connectivity index (χ0) is 24.4. The molecule has 0 bridgehead atoms. The Labute approximate surface area is 196 Å². The Morgan fingerprint density at radius 3 is 2.50 bits per heavy atom. The molecule has 9 heteroatoms. The molecule has 2 unspecified atom stereocenters. The molecule has 1 aliphatic rings. The summed E-state index contributed by atoms with van der Waals surface area (Å²) in [6, 6.07) is 12.1. The van der Waals surface area contributed by atoms with Crippen LogP contribution in [0.15, 0.2) is 53.1 Å². The van der Waals surface area contributed by atoms with Gasteiger partial charge in [-0.2, -0.15) is 0 Å². The molecule has 176 valence electrons. The lowest BCUT2D eigenvalue weighted by atomic mass is 9.86. The minimum atomic E-state index is -1.31. The zero-order valence-corrected chi connectivity index (χ0v) is 19.2. The van der Waals surface area contributed by atoms with Crippen LogP contribution in [0.4, 0.5) is 5.82 Å². The quantitative estimate of drug-likeness (QED) is 0.283. The van der Waals surface area contributed by atoms with Gasteiger partial charge in [-0.25, -0.2) is 0 Å². The van der Waals surface area contributed by atoms with Gasteiger partial charge in [0.05, 0.1) is 26.9 Å². The second-order valence-corrected chi connectivity index (χ2v) is 7.70. The number of aryl methyl sites for hydroxylation is 1. The normalized spacial score (nSPS) is 17.7. The third-order valence-corrected chi connectivity index (χ3v) is 5.63. The molecule has 2 heterocycles. The van der Waals surface area contributed by atoms with Gasteiger partial charge in [0.15, 0.2) is 23.1 Å². The SMILES string of the molecule is CCOc1ccc(C2C(C(=O)c3cccc(OC)c3)C(=O)C(=O)N2c2cc(C)on2)cc1OC. The van der Waals surface area contributed by atoms with E-state index in [4.69, 9.17) is 18.7 Å². The molecule has 1 aliphatic heterocycles. The van der Waals surface area contributed by atoms with Crippen LogP contribution >= 0.6 is 0 Å². The van der Waals surface area contributed by atoms with Crippen LogP contribution in [-0.2, 0) is 9.59 Å². The van der Waals surface area contributed by atoms with E-state index in [9.17, 15) is 14.4 Å². The summed E-state index contributed by atoms with van der Waals surface area (Å²) in [5.41, 5.74) is 0.771. The number of hydrogen-bond acceptors (Lipinski definition) is 8. The fourth-order valence-corrected chi connectivity index (χ4v) is 4.09. The Bertz CT molecular complexity index is 1250. The summed E-state index contributed by atoms with van der Waals surface area (Å²) >= 11 is 0. The standard InChI is InChI=1S/C25H24N2O7/c1-5-33-18-10-9-15(13-19(18)32-4)22-21(23(28)16-7-6-8-17(12-16)31-3)24(29)25(30)27(22)20-11-14(2)34-26-20/h6-13,21-22H,5H2,1-4H3. The minimum Gasteiger partial charge on any atom is -0.497 e. The molecular weight excluding hydrogens is 440 g/mol. The van der Waals surface area contributed by atoms with Gasteiger partial charge in [0.25, 0.3) is 5.91 Å². The number of ether oxygens (including phenoxy) is 3. The smallest absolute Gasteiger partial charge is 0.297 e. The molecule has 34 heavy (non-hydrogen) atoms. The second-order valence-electron chi connectivity index (χ2n) is 7.70. The van der Waals surface area contributed by atoms with Crippen molar-refractivity contribution in [3.8, 4) is 17.2 Å². The lowest BCUT2D eigenvalue weighted by molar-refractivity contribution is -0.135. The summed E-state index contributed by atoms with van der Waals surface area (Å²) in [7, 11) is 2.97. The number of nitrogens with zero attached hydrogens (tertiary/aromatic N) is 2. The number of carbonyl (C=O) groups excluding carboxylic acids is 3. The fourth-order valence-electron chi connectivity index (χ4n) is 4.09. The number of carbonyl (C=O) groups is 3. The Kier molecular flexibility index (Phi) is 6.36. The highest BCUT2D eigenvalue weighted by molar-refractivity contribution is 6.48. The number of ketones is 2. The number of Topliss-reactive ketones (excluding diaryl/α,β-unsaturated/α-hetero) is 2. The van der Waals surface area contributed by atoms with Crippen molar-refractivity contribution in [3.63, 3.8) is 0 Å². The second kappa shape index (κ2) is 9.38. The summed E-state index contributed by atoms with van der Waals surface area (Å²) in [6.07, 6.45) is 0. The van der Waals surface area contributed by atoms with Gasteiger partial charge in [-0.1, -0.05) is 23.4 Å². The molecule has 0 spiro atoms. The molecular formula is C25H24N2O7. The molecule has 3 aromatic rings. The van der Waals surface area contributed by atoms with Crippen LogP contribution in [0, 0.1) is 12.8 Å². The highest BCUT2D eigenvalue weighted by Crippen LogP contribution is 2.43. The molecule has 2 aromatic carbocycles. The third-order valence-electron chi connectivity index (χ3n) is 5.63. The van der Waals surface area contributed by atoms with Crippen molar-refractivity contribution in [3.05, 3.63) is 65.4 Å². The molecule has 0 radical (unpaired) electrons. The van der Waals surface area contributed by atoms with Crippen molar-refractivity contribution >= 4 is 23.3 Å². The average molecular weight is 464 g/mol. The Morgan fingerprint density at radius 2 is 1.85 bits per heavy atom. The van der Waals surface area contributed by atoms with Crippen LogP contribution in [0.2, 0.25) is 0 Å². The van der Waals surface area contributed by atoms with Gasteiger partial charge in [0.2, 0.25) is 5.78 Å². The number of anilines is 1. The van der Waals surface area contributed by atoms with E-state index in [1.54, 1.807) is 55.5 Å². The number of benzene rings is 2. The molecule has 0 N–H and O–H groups in total. The molecule has 1 aromatic heterocycles. The zero-order valence-electron chi connectivity index (χ0n) is 19.2. The van der Waals surface area contributed by atoms with E-state index in [1.165, 1.54) is 19.1 Å². The summed E-state index contributed by atoms with van der Waals surface area (Å²) in [5.74, 6) is -1.49. The lowest BCUT2D eigenvalue weighted by Crippen LogP contribution is -2.31.